The fourth-order valence-electron chi connectivity index (χ4n) is 4.75. The van der Waals surface area contributed by atoms with Crippen LogP contribution in [0.1, 0.15) is 59.1 Å². The van der Waals surface area contributed by atoms with Crippen LogP contribution in [0.3, 0.4) is 0 Å². The fraction of sp³-hybridized carbons (Fsp3) is 0.548. The Morgan fingerprint density at radius 2 is 1.63 bits per heavy atom. The number of likely N-dealkylation sites (tertiary alicyclic amines) is 1. The summed E-state index contributed by atoms with van der Waals surface area (Å²) in [5, 5.41) is 0. The van der Waals surface area contributed by atoms with E-state index in [-0.39, 0.29) is 23.9 Å². The summed E-state index contributed by atoms with van der Waals surface area (Å²) in [7, 11) is 3.72. The van der Waals surface area contributed by atoms with Gasteiger partial charge in [0.1, 0.15) is 17.0 Å². The van der Waals surface area contributed by atoms with Crippen molar-refractivity contribution in [2.75, 3.05) is 32.1 Å². The molecule has 1 saturated heterocycles. The Morgan fingerprint density at radius 3 is 2.29 bits per heavy atom. The van der Waals surface area contributed by atoms with Crippen molar-refractivity contribution in [2.45, 2.75) is 72.1 Å². The molecule has 0 aliphatic carbocycles. The predicted octanol–water partition coefficient (Wildman–Crippen LogP) is 6.09. The van der Waals surface area contributed by atoms with Crippen molar-refractivity contribution in [1.29, 1.82) is 0 Å². The molecule has 0 bridgehead atoms. The van der Waals surface area contributed by atoms with E-state index < -0.39 is 11.2 Å². The summed E-state index contributed by atoms with van der Waals surface area (Å²) < 4.78 is 16.8. The van der Waals surface area contributed by atoms with Gasteiger partial charge >= 0.3 is 12.1 Å². The molecule has 0 radical (unpaired) electrons. The first-order chi connectivity index (χ1) is 17.7. The summed E-state index contributed by atoms with van der Waals surface area (Å²) in [6, 6.07) is 16.3. The summed E-state index contributed by atoms with van der Waals surface area (Å²) >= 11 is 0. The van der Waals surface area contributed by atoms with Crippen LogP contribution in [0.15, 0.2) is 48.5 Å². The van der Waals surface area contributed by atoms with E-state index in [0.717, 1.165) is 29.0 Å². The highest BCUT2D eigenvalue weighted by atomic mass is 16.6. The molecule has 0 N–H and O–H groups in total. The SMILES string of the molecule is COc1cccc(N(C)Cc2cccc(C[C@H](C(=O)OC(C)(C)C)[C@H]3CCN(C(=O)OC(C)(C)C)C3)c2)c1. The van der Waals surface area contributed by atoms with Crippen molar-refractivity contribution < 1.29 is 23.8 Å². The number of hydrogen-bond donors (Lipinski definition) is 0. The molecule has 0 unspecified atom stereocenters. The maximum atomic E-state index is 13.4. The van der Waals surface area contributed by atoms with Gasteiger partial charge in [-0.3, -0.25) is 4.79 Å². The van der Waals surface area contributed by atoms with Crippen molar-refractivity contribution in [1.82, 2.24) is 4.90 Å². The monoisotopic (exact) mass is 524 g/mol. The molecule has 3 rings (SSSR count). The topological polar surface area (TPSA) is 68.3 Å². The molecule has 0 spiro atoms. The van der Waals surface area contributed by atoms with Crippen LogP contribution in [-0.4, -0.2) is 55.4 Å². The van der Waals surface area contributed by atoms with Crippen molar-refractivity contribution in [3.05, 3.63) is 59.7 Å². The smallest absolute Gasteiger partial charge is 0.410 e. The second-order valence-electron chi connectivity index (χ2n) is 12.2. The van der Waals surface area contributed by atoms with E-state index in [0.29, 0.717) is 26.1 Å². The van der Waals surface area contributed by atoms with Crippen molar-refractivity contribution in [3.63, 3.8) is 0 Å². The van der Waals surface area contributed by atoms with E-state index in [4.69, 9.17) is 14.2 Å². The first-order valence-corrected chi connectivity index (χ1v) is 13.4. The number of rotatable bonds is 8. The Bertz CT molecular complexity index is 1100. The zero-order valence-electron chi connectivity index (χ0n) is 24.2. The molecule has 208 valence electrons. The minimum absolute atomic E-state index is 0.000446. The highest BCUT2D eigenvalue weighted by molar-refractivity contribution is 5.74. The Morgan fingerprint density at radius 1 is 0.974 bits per heavy atom. The molecule has 2 aromatic carbocycles. The van der Waals surface area contributed by atoms with Crippen LogP contribution in [-0.2, 0) is 27.2 Å². The molecule has 7 heteroatoms. The summed E-state index contributed by atoms with van der Waals surface area (Å²) in [5.41, 5.74) is 2.15. The van der Waals surface area contributed by atoms with Crippen LogP contribution in [0.25, 0.3) is 0 Å². The lowest BCUT2D eigenvalue weighted by molar-refractivity contribution is -0.161. The van der Waals surface area contributed by atoms with E-state index in [2.05, 4.69) is 36.2 Å². The Hall–Kier alpha value is -3.22. The zero-order chi connectivity index (χ0) is 28.1. The third-order valence-electron chi connectivity index (χ3n) is 6.52. The van der Waals surface area contributed by atoms with Gasteiger partial charge in [-0.15, -0.1) is 0 Å². The van der Waals surface area contributed by atoms with E-state index >= 15 is 0 Å². The lowest BCUT2D eigenvalue weighted by Crippen LogP contribution is -2.38. The first kappa shape index (κ1) is 29.3. The Labute approximate surface area is 228 Å². The minimum atomic E-state index is -0.583. The van der Waals surface area contributed by atoms with Crippen LogP contribution < -0.4 is 9.64 Å². The summed E-state index contributed by atoms with van der Waals surface area (Å²) in [4.78, 5) is 29.9. The molecule has 1 amide bonds. The molecule has 0 aromatic heterocycles. The van der Waals surface area contributed by atoms with Gasteiger partial charge in [-0.25, -0.2) is 4.79 Å². The van der Waals surface area contributed by atoms with Crippen LogP contribution in [0.5, 0.6) is 5.75 Å². The van der Waals surface area contributed by atoms with E-state index in [1.165, 1.54) is 0 Å². The number of esters is 1. The maximum Gasteiger partial charge on any atom is 0.410 e. The van der Waals surface area contributed by atoms with Gasteiger partial charge in [0.15, 0.2) is 0 Å². The third-order valence-corrected chi connectivity index (χ3v) is 6.52. The number of anilines is 1. The van der Waals surface area contributed by atoms with Gasteiger partial charge in [-0.05, 0) is 83.6 Å². The molecule has 2 aromatic rings. The number of amides is 1. The second kappa shape index (κ2) is 12.1. The van der Waals surface area contributed by atoms with Gasteiger partial charge in [-0.2, -0.15) is 0 Å². The molecule has 1 aliphatic rings. The Balaban J connectivity index is 1.76. The molecule has 7 nitrogen and oxygen atoms in total. The maximum absolute atomic E-state index is 13.4. The number of hydrogen-bond acceptors (Lipinski definition) is 6. The van der Waals surface area contributed by atoms with Crippen LogP contribution >= 0.6 is 0 Å². The summed E-state index contributed by atoms with van der Waals surface area (Å²) in [6.07, 6.45) is 0.963. The fourth-order valence-corrected chi connectivity index (χ4v) is 4.75. The number of methoxy groups -OCH3 is 1. The quantitative estimate of drug-likeness (QED) is 0.389. The molecule has 1 fully saturated rings. The lowest BCUT2D eigenvalue weighted by Gasteiger charge is -2.28. The van der Waals surface area contributed by atoms with Gasteiger partial charge in [0.25, 0.3) is 0 Å². The van der Waals surface area contributed by atoms with Gasteiger partial charge in [0, 0.05) is 38.4 Å². The summed E-state index contributed by atoms with van der Waals surface area (Å²) in [6.45, 7) is 13.0. The average Bonchev–Trinajstić information content (AvgIpc) is 3.31. The standard InChI is InChI=1S/C31H44N2O5/c1-30(2,3)37-28(34)27(24-15-16-33(21-24)29(35)38-31(4,5)6)18-22-11-9-12-23(17-22)20-32(7)25-13-10-14-26(19-25)36-8/h9-14,17,19,24,27H,15-16,18,20-21H2,1-8H3/t24-,27-/m0/s1. The third kappa shape index (κ3) is 8.67. The van der Waals surface area contributed by atoms with Crippen LogP contribution in [0.4, 0.5) is 10.5 Å². The number of carbonyl (C=O) groups excluding carboxylic acids is 2. The number of benzene rings is 2. The van der Waals surface area contributed by atoms with Gasteiger partial charge in [0.05, 0.1) is 13.0 Å². The molecule has 0 saturated carbocycles. The molecule has 2 atom stereocenters. The number of carbonyl (C=O) groups is 2. The molecule has 38 heavy (non-hydrogen) atoms. The van der Waals surface area contributed by atoms with Crippen molar-refractivity contribution in [2.24, 2.45) is 11.8 Å². The normalized spacial score (nSPS) is 16.6. The second-order valence-corrected chi connectivity index (χ2v) is 12.2. The van der Waals surface area contributed by atoms with Gasteiger partial charge in [0.2, 0.25) is 0 Å². The van der Waals surface area contributed by atoms with E-state index in [9.17, 15) is 9.59 Å². The molecule has 1 heterocycles. The highest BCUT2D eigenvalue weighted by Crippen LogP contribution is 2.31. The Kier molecular flexibility index (Phi) is 9.34. The zero-order valence-corrected chi connectivity index (χ0v) is 24.2. The van der Waals surface area contributed by atoms with Crippen LogP contribution in [0, 0.1) is 11.8 Å². The predicted molar refractivity (Wildman–Crippen MR) is 150 cm³/mol. The van der Waals surface area contributed by atoms with Gasteiger partial charge < -0.3 is 24.0 Å². The largest absolute Gasteiger partial charge is 0.497 e. The highest BCUT2D eigenvalue weighted by Gasteiger charge is 2.39. The molecular formula is C31H44N2O5. The van der Waals surface area contributed by atoms with Gasteiger partial charge in [-0.1, -0.05) is 30.3 Å². The summed E-state index contributed by atoms with van der Waals surface area (Å²) in [5.74, 6) is 0.251. The molecular weight excluding hydrogens is 480 g/mol. The minimum Gasteiger partial charge on any atom is -0.497 e. The van der Waals surface area contributed by atoms with Crippen LogP contribution in [0.2, 0.25) is 0 Å². The average molecular weight is 525 g/mol. The van der Waals surface area contributed by atoms with Crippen molar-refractivity contribution in [3.8, 4) is 5.75 Å². The van der Waals surface area contributed by atoms with E-state index in [1.807, 2.05) is 65.8 Å². The molecule has 1 aliphatic heterocycles. The van der Waals surface area contributed by atoms with Crippen molar-refractivity contribution >= 4 is 17.7 Å². The van der Waals surface area contributed by atoms with E-state index in [1.54, 1.807) is 12.0 Å². The number of nitrogens with zero attached hydrogens (tertiary/aromatic N) is 2. The lowest BCUT2D eigenvalue weighted by atomic mass is 9.85. The first-order valence-electron chi connectivity index (χ1n) is 13.4. The number of ether oxygens (including phenoxy) is 3.